The summed E-state index contributed by atoms with van der Waals surface area (Å²) < 4.78 is 41.5. The van der Waals surface area contributed by atoms with Gasteiger partial charge in [-0.15, -0.1) is 11.8 Å². The van der Waals surface area contributed by atoms with E-state index in [1.54, 1.807) is 12.1 Å². The fraction of sp³-hybridized carbons (Fsp3) is 0.375. The summed E-state index contributed by atoms with van der Waals surface area (Å²) in [7, 11) is -2.26. The van der Waals surface area contributed by atoms with E-state index in [1.807, 2.05) is 0 Å². The minimum absolute atomic E-state index is 0.155. The van der Waals surface area contributed by atoms with Crippen LogP contribution in [0.25, 0.3) is 0 Å². The number of rotatable bonds is 6. The van der Waals surface area contributed by atoms with Crippen molar-refractivity contribution >= 4 is 27.8 Å². The molecule has 0 aliphatic carbocycles. The lowest BCUT2D eigenvalue weighted by Crippen LogP contribution is -2.40. The van der Waals surface area contributed by atoms with Gasteiger partial charge < -0.3 is 13.9 Å². The van der Waals surface area contributed by atoms with Gasteiger partial charge in [-0.3, -0.25) is 0 Å². The topological polar surface area (TPSA) is 98.9 Å². The van der Waals surface area contributed by atoms with Gasteiger partial charge >= 0.3 is 5.97 Å². The van der Waals surface area contributed by atoms with Crippen LogP contribution in [0.15, 0.2) is 45.0 Å². The van der Waals surface area contributed by atoms with E-state index in [4.69, 9.17) is 9.15 Å². The van der Waals surface area contributed by atoms with Gasteiger partial charge in [0.1, 0.15) is 4.90 Å². The molecule has 1 fully saturated rings. The number of thioether (sulfide) groups is 1. The van der Waals surface area contributed by atoms with Crippen molar-refractivity contribution in [2.75, 3.05) is 33.4 Å². The van der Waals surface area contributed by atoms with Gasteiger partial charge in [-0.1, -0.05) is 0 Å². The molecule has 3 rings (SSSR count). The van der Waals surface area contributed by atoms with Gasteiger partial charge in [0.2, 0.25) is 15.8 Å². The van der Waals surface area contributed by atoms with Crippen molar-refractivity contribution in [3.63, 3.8) is 0 Å². The Morgan fingerprint density at radius 3 is 2.73 bits per heavy atom. The maximum absolute atomic E-state index is 12.6. The van der Waals surface area contributed by atoms with Crippen LogP contribution in [0.3, 0.4) is 0 Å². The Hall–Kier alpha value is -1.88. The van der Waals surface area contributed by atoms with Crippen LogP contribution in [0.4, 0.5) is 0 Å². The van der Waals surface area contributed by atoms with E-state index in [0.717, 1.165) is 0 Å². The number of carbonyl (C=O) groups excluding carboxylic acids is 1. The molecular formula is C16H18N2O6S2. The van der Waals surface area contributed by atoms with E-state index in [-0.39, 0.29) is 10.7 Å². The summed E-state index contributed by atoms with van der Waals surface area (Å²) in [4.78, 5) is 16.0. The standard InChI is InChI=1S/C16H18N2O6S2/c1-22-16(19)15-12(4-7-24-15)11-25-14-3-2-13(10-17-14)26(20,21)18-5-8-23-9-6-18/h2-4,7,10H,5-6,8-9,11H2,1H3. The Balaban J connectivity index is 1.67. The second kappa shape index (κ2) is 8.21. The average Bonchev–Trinajstić information content (AvgIpc) is 3.15. The van der Waals surface area contributed by atoms with E-state index in [9.17, 15) is 13.2 Å². The normalized spacial score (nSPS) is 15.7. The van der Waals surface area contributed by atoms with Crippen molar-refractivity contribution in [2.24, 2.45) is 0 Å². The Morgan fingerprint density at radius 2 is 2.08 bits per heavy atom. The van der Waals surface area contributed by atoms with Crippen molar-refractivity contribution in [2.45, 2.75) is 15.7 Å². The van der Waals surface area contributed by atoms with Gasteiger partial charge in [0, 0.05) is 30.6 Å². The largest absolute Gasteiger partial charge is 0.463 e. The first-order valence-corrected chi connectivity index (χ1v) is 10.3. The van der Waals surface area contributed by atoms with Crippen molar-refractivity contribution in [3.05, 3.63) is 42.0 Å². The summed E-state index contributed by atoms with van der Waals surface area (Å²) in [5, 5.41) is 0.642. The number of methoxy groups -OCH3 is 1. The number of aromatic nitrogens is 1. The highest BCUT2D eigenvalue weighted by Gasteiger charge is 2.26. The van der Waals surface area contributed by atoms with Crippen LogP contribution >= 0.6 is 11.8 Å². The number of sulfonamides is 1. The molecule has 0 N–H and O–H groups in total. The number of hydrogen-bond donors (Lipinski definition) is 0. The molecule has 0 saturated carbocycles. The van der Waals surface area contributed by atoms with E-state index in [0.29, 0.717) is 42.6 Å². The molecule has 0 radical (unpaired) electrons. The Bertz CT molecular complexity index is 857. The van der Waals surface area contributed by atoms with Crippen molar-refractivity contribution in [3.8, 4) is 0 Å². The van der Waals surface area contributed by atoms with E-state index >= 15 is 0 Å². The number of furan rings is 1. The summed E-state index contributed by atoms with van der Waals surface area (Å²) in [6, 6.07) is 4.88. The molecule has 0 bridgehead atoms. The molecule has 3 heterocycles. The molecule has 140 valence electrons. The summed E-state index contributed by atoms with van der Waals surface area (Å²) in [5.74, 6) is 0.0702. The third-order valence-corrected chi connectivity index (χ3v) is 6.68. The van der Waals surface area contributed by atoms with Crippen molar-refractivity contribution < 1.29 is 27.1 Å². The summed E-state index contributed by atoms with van der Waals surface area (Å²) >= 11 is 1.37. The quantitative estimate of drug-likeness (QED) is 0.536. The highest BCUT2D eigenvalue weighted by Crippen LogP contribution is 2.25. The zero-order chi connectivity index (χ0) is 18.6. The van der Waals surface area contributed by atoms with Crippen molar-refractivity contribution in [1.29, 1.82) is 0 Å². The van der Waals surface area contributed by atoms with Crippen LogP contribution in [0, 0.1) is 0 Å². The number of nitrogens with zero attached hydrogens (tertiary/aromatic N) is 2. The Morgan fingerprint density at radius 1 is 1.31 bits per heavy atom. The van der Waals surface area contributed by atoms with Gasteiger partial charge in [0.05, 0.1) is 31.6 Å². The SMILES string of the molecule is COC(=O)c1occc1CSc1ccc(S(=O)(=O)N2CCOCC2)cn1. The lowest BCUT2D eigenvalue weighted by atomic mass is 10.3. The smallest absolute Gasteiger partial charge is 0.374 e. The maximum Gasteiger partial charge on any atom is 0.374 e. The van der Waals surface area contributed by atoms with Gasteiger partial charge in [-0.2, -0.15) is 4.31 Å². The summed E-state index contributed by atoms with van der Waals surface area (Å²) in [6.45, 7) is 1.48. The van der Waals surface area contributed by atoms with Gasteiger partial charge in [0.25, 0.3) is 0 Å². The zero-order valence-corrected chi connectivity index (χ0v) is 15.7. The third kappa shape index (κ3) is 4.09. The average molecular weight is 398 g/mol. The number of carbonyl (C=O) groups is 1. The second-order valence-electron chi connectivity index (χ2n) is 5.40. The first-order valence-electron chi connectivity index (χ1n) is 7.84. The number of hydrogen-bond acceptors (Lipinski definition) is 8. The Labute approximate surface area is 155 Å². The van der Waals surface area contributed by atoms with Crippen LogP contribution in [0.5, 0.6) is 0 Å². The Kier molecular flexibility index (Phi) is 5.97. The highest BCUT2D eigenvalue weighted by molar-refractivity contribution is 7.98. The fourth-order valence-electron chi connectivity index (χ4n) is 2.41. The van der Waals surface area contributed by atoms with E-state index in [1.165, 1.54) is 41.7 Å². The number of morpholine rings is 1. The number of esters is 1. The van der Waals surface area contributed by atoms with Crippen LogP contribution in [0.1, 0.15) is 16.1 Å². The molecule has 1 aliphatic heterocycles. The van der Waals surface area contributed by atoms with E-state index in [2.05, 4.69) is 9.72 Å². The molecular weight excluding hydrogens is 380 g/mol. The molecule has 0 atom stereocenters. The number of pyridine rings is 1. The molecule has 26 heavy (non-hydrogen) atoms. The number of ether oxygens (including phenoxy) is 2. The molecule has 0 amide bonds. The fourth-order valence-corrected chi connectivity index (χ4v) is 4.59. The minimum atomic E-state index is -3.55. The summed E-state index contributed by atoms with van der Waals surface area (Å²) in [5.41, 5.74) is 0.689. The molecule has 10 heteroatoms. The van der Waals surface area contributed by atoms with Crippen LogP contribution < -0.4 is 0 Å². The van der Waals surface area contributed by atoms with Crippen LogP contribution in [0.2, 0.25) is 0 Å². The van der Waals surface area contributed by atoms with Gasteiger partial charge in [0.15, 0.2) is 0 Å². The van der Waals surface area contributed by atoms with E-state index < -0.39 is 16.0 Å². The minimum Gasteiger partial charge on any atom is -0.463 e. The molecule has 0 spiro atoms. The first kappa shape index (κ1) is 18.9. The van der Waals surface area contributed by atoms with Gasteiger partial charge in [-0.05, 0) is 18.2 Å². The zero-order valence-electron chi connectivity index (χ0n) is 14.1. The second-order valence-corrected chi connectivity index (χ2v) is 8.34. The predicted molar refractivity (Wildman–Crippen MR) is 93.4 cm³/mol. The molecule has 2 aromatic heterocycles. The molecule has 1 saturated heterocycles. The first-order chi connectivity index (χ1) is 12.5. The predicted octanol–water partition coefficient (Wildman–Crippen LogP) is 1.77. The molecule has 1 aliphatic rings. The lowest BCUT2D eigenvalue weighted by Gasteiger charge is -2.25. The maximum atomic E-state index is 12.6. The van der Waals surface area contributed by atoms with Crippen molar-refractivity contribution in [1.82, 2.24) is 9.29 Å². The lowest BCUT2D eigenvalue weighted by molar-refractivity contribution is 0.0564. The third-order valence-electron chi connectivity index (χ3n) is 3.81. The van der Waals surface area contributed by atoms with Gasteiger partial charge in [-0.25, -0.2) is 18.2 Å². The summed E-state index contributed by atoms with van der Waals surface area (Å²) in [6.07, 6.45) is 2.78. The van der Waals surface area contributed by atoms with Crippen LogP contribution in [-0.2, 0) is 25.2 Å². The molecule has 2 aromatic rings. The molecule has 0 unspecified atom stereocenters. The molecule has 8 nitrogen and oxygen atoms in total. The van der Waals surface area contributed by atoms with Crippen LogP contribution in [-0.4, -0.2) is 57.1 Å². The highest BCUT2D eigenvalue weighted by atomic mass is 32.2. The molecule has 0 aromatic carbocycles. The monoisotopic (exact) mass is 398 g/mol.